The summed E-state index contributed by atoms with van der Waals surface area (Å²) in [5.74, 6) is 0.151. The molecule has 0 saturated carbocycles. The van der Waals surface area contributed by atoms with Crippen LogP contribution in [0.2, 0.25) is 0 Å². The van der Waals surface area contributed by atoms with Crippen LogP contribution in [0, 0.1) is 0 Å². The van der Waals surface area contributed by atoms with Crippen LogP contribution in [0.3, 0.4) is 0 Å². The Hall–Kier alpha value is -3.43. The maximum atomic E-state index is 13.0. The fourth-order valence-corrected chi connectivity index (χ4v) is 3.85. The van der Waals surface area contributed by atoms with Crippen LogP contribution in [0.15, 0.2) is 53.6 Å². The van der Waals surface area contributed by atoms with Gasteiger partial charge in [0.2, 0.25) is 0 Å². The van der Waals surface area contributed by atoms with Crippen molar-refractivity contribution in [2.75, 3.05) is 39.5 Å². The normalized spacial score (nSPS) is 15.0. The molecule has 9 nitrogen and oxygen atoms in total. The summed E-state index contributed by atoms with van der Waals surface area (Å²) in [7, 11) is 0. The SMILES string of the molecule is CCOc1cc(/C=N/NC(=O)C(CCCCNC(=O)c2ccccc2)N2CCOCC2)ccc1O. The molecule has 1 saturated heterocycles. The van der Waals surface area contributed by atoms with Gasteiger partial charge in [0.25, 0.3) is 11.8 Å². The van der Waals surface area contributed by atoms with Crippen molar-refractivity contribution in [1.29, 1.82) is 0 Å². The highest BCUT2D eigenvalue weighted by Crippen LogP contribution is 2.26. The number of benzene rings is 2. The number of hydrogen-bond donors (Lipinski definition) is 3. The number of carbonyl (C=O) groups excluding carboxylic acids is 2. The van der Waals surface area contributed by atoms with Gasteiger partial charge in [-0.05, 0) is 62.1 Å². The smallest absolute Gasteiger partial charge is 0.257 e. The van der Waals surface area contributed by atoms with Crippen molar-refractivity contribution < 1.29 is 24.2 Å². The second-order valence-electron chi connectivity index (χ2n) is 8.18. The lowest BCUT2D eigenvalue weighted by Crippen LogP contribution is -2.50. The fourth-order valence-electron chi connectivity index (χ4n) is 3.85. The van der Waals surface area contributed by atoms with Gasteiger partial charge in [0.1, 0.15) is 0 Å². The molecule has 0 aromatic heterocycles. The van der Waals surface area contributed by atoms with Crippen molar-refractivity contribution in [3.63, 3.8) is 0 Å². The summed E-state index contributed by atoms with van der Waals surface area (Å²) in [4.78, 5) is 27.3. The minimum atomic E-state index is -0.334. The number of nitrogens with one attached hydrogen (secondary N) is 2. The highest BCUT2D eigenvalue weighted by atomic mass is 16.5. The van der Waals surface area contributed by atoms with Crippen LogP contribution < -0.4 is 15.5 Å². The number of ether oxygens (including phenoxy) is 2. The van der Waals surface area contributed by atoms with Gasteiger partial charge in [-0.3, -0.25) is 14.5 Å². The number of phenolic OH excluding ortho intramolecular Hbond substituents is 1. The Balaban J connectivity index is 1.50. The molecule has 2 aromatic carbocycles. The zero-order valence-corrected chi connectivity index (χ0v) is 20.1. The molecule has 0 bridgehead atoms. The lowest BCUT2D eigenvalue weighted by molar-refractivity contribution is -0.128. The standard InChI is InChI=1S/C26H34N4O5/c1-2-35-24-18-20(11-12-23(24)31)19-28-29-26(33)22(30-14-16-34-17-15-30)10-6-7-13-27-25(32)21-8-4-3-5-9-21/h3-5,8-9,11-12,18-19,22,31H,2,6-7,10,13-17H2,1H3,(H,27,32)(H,29,33)/b28-19+. The molecule has 2 aromatic rings. The molecule has 1 aliphatic rings. The number of aromatic hydroxyl groups is 1. The Morgan fingerprint density at radius 2 is 1.94 bits per heavy atom. The van der Waals surface area contributed by atoms with Crippen molar-refractivity contribution in [2.45, 2.75) is 32.2 Å². The molecule has 0 spiro atoms. The van der Waals surface area contributed by atoms with E-state index < -0.39 is 0 Å². The molecule has 1 aliphatic heterocycles. The Morgan fingerprint density at radius 1 is 1.17 bits per heavy atom. The fraction of sp³-hybridized carbons (Fsp3) is 0.423. The van der Waals surface area contributed by atoms with Crippen LogP contribution in [0.5, 0.6) is 11.5 Å². The van der Waals surface area contributed by atoms with Crippen LogP contribution in [0.25, 0.3) is 0 Å². The summed E-state index contributed by atoms with van der Waals surface area (Å²) in [6.07, 6.45) is 3.72. The zero-order chi connectivity index (χ0) is 24.9. The van der Waals surface area contributed by atoms with Crippen molar-refractivity contribution >= 4 is 18.0 Å². The molecule has 1 heterocycles. The molecule has 0 aliphatic carbocycles. The van der Waals surface area contributed by atoms with Gasteiger partial charge < -0.3 is 19.9 Å². The van der Waals surface area contributed by atoms with E-state index in [4.69, 9.17) is 9.47 Å². The number of phenols is 1. The van der Waals surface area contributed by atoms with Gasteiger partial charge in [0.05, 0.1) is 32.1 Å². The molecular formula is C26H34N4O5. The van der Waals surface area contributed by atoms with E-state index in [1.54, 1.807) is 24.3 Å². The van der Waals surface area contributed by atoms with E-state index in [9.17, 15) is 14.7 Å². The number of hydrazone groups is 1. The molecule has 3 N–H and O–H groups in total. The number of rotatable bonds is 12. The summed E-state index contributed by atoms with van der Waals surface area (Å²) in [6, 6.07) is 13.7. The van der Waals surface area contributed by atoms with Gasteiger partial charge in [-0.15, -0.1) is 0 Å². The maximum absolute atomic E-state index is 13.0. The Morgan fingerprint density at radius 3 is 2.69 bits per heavy atom. The first-order valence-corrected chi connectivity index (χ1v) is 12.0. The number of unbranched alkanes of at least 4 members (excludes halogenated alkanes) is 1. The summed E-state index contributed by atoms with van der Waals surface area (Å²) in [5, 5.41) is 16.9. The first kappa shape index (κ1) is 26.2. The van der Waals surface area contributed by atoms with Crippen LogP contribution in [0.1, 0.15) is 42.1 Å². The van der Waals surface area contributed by atoms with Gasteiger partial charge in [-0.2, -0.15) is 5.10 Å². The number of hydrogen-bond acceptors (Lipinski definition) is 7. The van der Waals surface area contributed by atoms with E-state index in [2.05, 4.69) is 20.7 Å². The average molecular weight is 483 g/mol. The summed E-state index contributed by atoms with van der Waals surface area (Å²) >= 11 is 0. The van der Waals surface area contributed by atoms with Gasteiger partial charge >= 0.3 is 0 Å². The third-order valence-electron chi connectivity index (χ3n) is 5.69. The van der Waals surface area contributed by atoms with Gasteiger partial charge in [-0.25, -0.2) is 5.43 Å². The monoisotopic (exact) mass is 482 g/mol. The molecule has 3 rings (SSSR count). The molecule has 35 heavy (non-hydrogen) atoms. The minimum absolute atomic E-state index is 0.0559. The Kier molecular flexibility index (Phi) is 10.5. The Bertz CT molecular complexity index is 977. The number of nitrogens with zero attached hydrogens (tertiary/aromatic N) is 2. The van der Waals surface area contributed by atoms with Crippen molar-refractivity contribution in [2.24, 2.45) is 5.10 Å². The molecule has 1 unspecified atom stereocenters. The van der Waals surface area contributed by atoms with E-state index in [0.29, 0.717) is 62.8 Å². The minimum Gasteiger partial charge on any atom is -0.504 e. The van der Waals surface area contributed by atoms with E-state index in [-0.39, 0.29) is 23.6 Å². The van der Waals surface area contributed by atoms with Gasteiger partial charge in [0.15, 0.2) is 11.5 Å². The largest absolute Gasteiger partial charge is 0.504 e. The quantitative estimate of drug-likeness (QED) is 0.244. The second kappa shape index (κ2) is 14.1. The van der Waals surface area contributed by atoms with Crippen molar-refractivity contribution in [3.8, 4) is 11.5 Å². The zero-order valence-electron chi connectivity index (χ0n) is 20.1. The van der Waals surface area contributed by atoms with Crippen molar-refractivity contribution in [1.82, 2.24) is 15.6 Å². The highest BCUT2D eigenvalue weighted by Gasteiger charge is 2.26. The van der Waals surface area contributed by atoms with E-state index in [1.165, 1.54) is 12.3 Å². The molecule has 188 valence electrons. The third kappa shape index (κ3) is 8.38. The van der Waals surface area contributed by atoms with E-state index in [0.717, 1.165) is 12.8 Å². The maximum Gasteiger partial charge on any atom is 0.257 e. The third-order valence-corrected chi connectivity index (χ3v) is 5.69. The predicted molar refractivity (Wildman–Crippen MR) is 134 cm³/mol. The van der Waals surface area contributed by atoms with Gasteiger partial charge in [-0.1, -0.05) is 18.2 Å². The number of morpholine rings is 1. The van der Waals surface area contributed by atoms with Crippen molar-refractivity contribution in [3.05, 3.63) is 59.7 Å². The summed E-state index contributed by atoms with van der Waals surface area (Å²) < 4.78 is 10.8. The number of carbonyl (C=O) groups is 2. The molecule has 1 atom stereocenters. The summed E-state index contributed by atoms with van der Waals surface area (Å²) in [6.45, 7) is 5.37. The van der Waals surface area contributed by atoms with E-state index >= 15 is 0 Å². The first-order chi connectivity index (χ1) is 17.1. The van der Waals surface area contributed by atoms with Crippen LogP contribution in [-0.4, -0.2) is 73.5 Å². The van der Waals surface area contributed by atoms with Crippen LogP contribution in [-0.2, 0) is 9.53 Å². The van der Waals surface area contributed by atoms with Crippen LogP contribution >= 0.6 is 0 Å². The molecule has 0 radical (unpaired) electrons. The molecular weight excluding hydrogens is 448 g/mol. The van der Waals surface area contributed by atoms with E-state index in [1.807, 2.05) is 25.1 Å². The van der Waals surface area contributed by atoms with Gasteiger partial charge in [0, 0.05) is 25.2 Å². The van der Waals surface area contributed by atoms with Crippen LogP contribution in [0.4, 0.5) is 0 Å². The average Bonchev–Trinajstić information content (AvgIpc) is 2.89. The predicted octanol–water partition coefficient (Wildman–Crippen LogP) is 2.54. The lowest BCUT2D eigenvalue weighted by Gasteiger charge is -2.33. The lowest BCUT2D eigenvalue weighted by atomic mass is 10.1. The first-order valence-electron chi connectivity index (χ1n) is 12.0. The topological polar surface area (TPSA) is 112 Å². The molecule has 2 amide bonds. The Labute approximate surface area is 206 Å². The molecule has 9 heteroatoms. The second-order valence-corrected chi connectivity index (χ2v) is 8.18. The number of amides is 2. The molecule has 1 fully saturated rings. The highest BCUT2D eigenvalue weighted by molar-refractivity contribution is 5.94. The summed E-state index contributed by atoms with van der Waals surface area (Å²) in [5.41, 5.74) is 3.99.